The molecule has 35 heavy (non-hydrogen) atoms. The first-order valence-corrected chi connectivity index (χ1v) is 11.9. The summed E-state index contributed by atoms with van der Waals surface area (Å²) in [5, 5.41) is 12.6. The molecule has 2 N–H and O–H groups in total. The summed E-state index contributed by atoms with van der Waals surface area (Å²) >= 11 is 0. The zero-order valence-corrected chi connectivity index (χ0v) is 21.2. The Morgan fingerprint density at radius 1 is 0.886 bits per heavy atom. The second kappa shape index (κ2) is 12.9. The molecule has 7 nitrogen and oxygen atoms in total. The van der Waals surface area contributed by atoms with Crippen molar-refractivity contribution in [3.63, 3.8) is 0 Å². The van der Waals surface area contributed by atoms with E-state index in [-0.39, 0.29) is 25.5 Å². The van der Waals surface area contributed by atoms with Crippen molar-refractivity contribution >= 4 is 18.0 Å². The molecule has 0 aliphatic rings. The van der Waals surface area contributed by atoms with Gasteiger partial charge < -0.3 is 19.9 Å². The van der Waals surface area contributed by atoms with E-state index in [1.165, 1.54) is 0 Å². The Kier molecular flexibility index (Phi) is 10.3. The number of hydrogen-bond acceptors (Lipinski definition) is 5. The van der Waals surface area contributed by atoms with Gasteiger partial charge in [0, 0.05) is 6.54 Å². The van der Waals surface area contributed by atoms with E-state index in [9.17, 15) is 19.5 Å². The van der Waals surface area contributed by atoms with Gasteiger partial charge in [-0.1, -0.05) is 68.4 Å². The minimum Gasteiger partial charge on any atom is -0.481 e. The molecule has 0 aliphatic carbocycles. The summed E-state index contributed by atoms with van der Waals surface area (Å²) in [6.45, 7) is 9.67. The number of amides is 1. The number of rotatable bonds is 11. The van der Waals surface area contributed by atoms with Gasteiger partial charge in [-0.2, -0.15) is 0 Å². The van der Waals surface area contributed by atoms with Gasteiger partial charge in [0.1, 0.15) is 12.2 Å². The number of carboxylic acids is 1. The molecule has 0 saturated carbocycles. The largest absolute Gasteiger partial charge is 0.481 e. The number of alkyl carbamates (subject to hydrolysis) is 1. The summed E-state index contributed by atoms with van der Waals surface area (Å²) in [5.74, 6) is -3.02. The van der Waals surface area contributed by atoms with Crippen LogP contribution in [-0.2, 0) is 38.6 Å². The molecule has 190 valence electrons. The number of ether oxygens (including phenoxy) is 2. The third kappa shape index (κ3) is 10.2. The summed E-state index contributed by atoms with van der Waals surface area (Å²) in [6.07, 6.45) is 0.124. The summed E-state index contributed by atoms with van der Waals surface area (Å²) in [7, 11) is 0. The van der Waals surface area contributed by atoms with Crippen molar-refractivity contribution in [2.45, 2.75) is 66.2 Å². The van der Waals surface area contributed by atoms with Crippen LogP contribution in [0.1, 0.15) is 57.7 Å². The van der Waals surface area contributed by atoms with Gasteiger partial charge in [0.05, 0.1) is 11.8 Å². The van der Waals surface area contributed by atoms with E-state index >= 15 is 0 Å². The monoisotopic (exact) mass is 483 g/mol. The summed E-state index contributed by atoms with van der Waals surface area (Å²) in [5.41, 5.74) is 1.88. The first-order valence-electron chi connectivity index (χ1n) is 11.9. The maximum absolute atomic E-state index is 13.0. The van der Waals surface area contributed by atoms with E-state index in [0.29, 0.717) is 6.42 Å². The Bertz CT molecular complexity index is 963. The van der Waals surface area contributed by atoms with E-state index in [1.54, 1.807) is 20.8 Å². The predicted octanol–water partition coefficient (Wildman–Crippen LogP) is 5.36. The first-order chi connectivity index (χ1) is 16.4. The Labute approximate surface area is 207 Å². The second-order valence-electron chi connectivity index (χ2n) is 10.2. The Morgan fingerprint density at radius 2 is 1.49 bits per heavy atom. The lowest BCUT2D eigenvalue weighted by molar-refractivity contribution is -0.167. The molecule has 2 rings (SSSR count). The van der Waals surface area contributed by atoms with Gasteiger partial charge in [-0.3, -0.25) is 9.59 Å². The van der Waals surface area contributed by atoms with E-state index in [2.05, 4.69) is 5.32 Å². The number of carbonyl (C=O) groups is 3. The highest BCUT2D eigenvalue weighted by molar-refractivity contribution is 5.81. The second-order valence-corrected chi connectivity index (χ2v) is 10.2. The lowest BCUT2D eigenvalue weighted by atomic mass is 9.81. The van der Waals surface area contributed by atoms with Crippen molar-refractivity contribution in [2.24, 2.45) is 17.8 Å². The lowest BCUT2D eigenvalue weighted by Crippen LogP contribution is -2.37. The Hall–Kier alpha value is -3.35. The zero-order chi connectivity index (χ0) is 26.0. The molecule has 0 fully saturated rings. The average molecular weight is 484 g/mol. The molecule has 0 bridgehead atoms. The van der Waals surface area contributed by atoms with Crippen molar-refractivity contribution in [1.29, 1.82) is 0 Å². The summed E-state index contributed by atoms with van der Waals surface area (Å²) < 4.78 is 10.8. The number of benzene rings is 2. The highest BCUT2D eigenvalue weighted by atomic mass is 16.6. The van der Waals surface area contributed by atoms with Crippen LogP contribution in [0, 0.1) is 17.8 Å². The third-order valence-electron chi connectivity index (χ3n) is 5.37. The van der Waals surface area contributed by atoms with E-state index < -0.39 is 35.5 Å². The standard InChI is InChI=1S/C28H37NO6/c1-19(2)15-23(25(30)31)24(26(32)35-28(3,4)5)16-20-11-13-21(14-12-20)17-29-27(33)34-18-22-9-7-6-8-10-22/h6-14,19,23-24H,15-18H2,1-5H3,(H,29,33)(H,30,31). The molecule has 1 amide bonds. The van der Waals surface area contributed by atoms with Crippen LogP contribution in [0.3, 0.4) is 0 Å². The number of carboxylic acid groups (broad SMARTS) is 1. The van der Waals surface area contributed by atoms with Gasteiger partial charge in [0.25, 0.3) is 0 Å². The molecular weight excluding hydrogens is 446 g/mol. The maximum Gasteiger partial charge on any atom is 0.407 e. The molecule has 2 atom stereocenters. The molecular formula is C28H37NO6. The van der Waals surface area contributed by atoms with Crippen LogP contribution >= 0.6 is 0 Å². The van der Waals surface area contributed by atoms with Crippen LogP contribution in [0.15, 0.2) is 54.6 Å². The van der Waals surface area contributed by atoms with Crippen LogP contribution < -0.4 is 5.32 Å². The molecule has 0 aromatic heterocycles. The molecule has 0 saturated heterocycles. The molecule has 7 heteroatoms. The molecule has 2 unspecified atom stereocenters. The van der Waals surface area contributed by atoms with Gasteiger partial charge >= 0.3 is 18.0 Å². The van der Waals surface area contributed by atoms with Crippen molar-refractivity contribution in [3.05, 3.63) is 71.3 Å². The van der Waals surface area contributed by atoms with E-state index in [0.717, 1.165) is 16.7 Å². The minimum atomic E-state index is -0.996. The van der Waals surface area contributed by atoms with Gasteiger partial charge in [-0.15, -0.1) is 0 Å². The fraction of sp³-hybridized carbons (Fsp3) is 0.464. The van der Waals surface area contributed by atoms with Gasteiger partial charge in [0.15, 0.2) is 0 Å². The maximum atomic E-state index is 13.0. The molecule has 2 aromatic carbocycles. The van der Waals surface area contributed by atoms with Crippen LogP contribution in [0.5, 0.6) is 0 Å². The molecule has 0 radical (unpaired) electrons. The quantitative estimate of drug-likeness (QED) is 0.417. The average Bonchev–Trinajstić information content (AvgIpc) is 2.78. The number of esters is 1. The molecule has 0 spiro atoms. The normalized spacial score (nSPS) is 13.1. The number of aliphatic carboxylic acids is 1. The van der Waals surface area contributed by atoms with Gasteiger partial charge in [-0.25, -0.2) is 4.79 Å². The number of hydrogen-bond donors (Lipinski definition) is 2. The molecule has 0 heterocycles. The summed E-state index contributed by atoms with van der Waals surface area (Å²) in [6, 6.07) is 16.8. The van der Waals surface area contributed by atoms with Crippen molar-refractivity contribution in [1.82, 2.24) is 5.32 Å². The van der Waals surface area contributed by atoms with Crippen molar-refractivity contribution < 1.29 is 29.0 Å². The van der Waals surface area contributed by atoms with Crippen LogP contribution in [0.25, 0.3) is 0 Å². The van der Waals surface area contributed by atoms with E-state index in [4.69, 9.17) is 9.47 Å². The summed E-state index contributed by atoms with van der Waals surface area (Å²) in [4.78, 5) is 37.0. The lowest BCUT2D eigenvalue weighted by Gasteiger charge is -2.28. The fourth-order valence-corrected chi connectivity index (χ4v) is 3.71. The van der Waals surface area contributed by atoms with Gasteiger partial charge in [-0.05, 0) is 56.2 Å². The molecule has 2 aromatic rings. The smallest absolute Gasteiger partial charge is 0.407 e. The first kappa shape index (κ1) is 27.9. The Balaban J connectivity index is 2.01. The van der Waals surface area contributed by atoms with Crippen LogP contribution in [0.4, 0.5) is 4.79 Å². The molecule has 0 aliphatic heterocycles. The number of carbonyl (C=O) groups excluding carboxylic acids is 2. The SMILES string of the molecule is CC(C)CC(C(=O)O)C(Cc1ccc(CNC(=O)OCc2ccccc2)cc1)C(=O)OC(C)(C)C. The number of nitrogens with one attached hydrogen (secondary N) is 1. The highest BCUT2D eigenvalue weighted by Gasteiger charge is 2.37. The Morgan fingerprint density at radius 3 is 2.03 bits per heavy atom. The van der Waals surface area contributed by atoms with Crippen LogP contribution in [-0.4, -0.2) is 28.7 Å². The van der Waals surface area contributed by atoms with Crippen LogP contribution in [0.2, 0.25) is 0 Å². The third-order valence-corrected chi connectivity index (χ3v) is 5.37. The van der Waals surface area contributed by atoms with E-state index in [1.807, 2.05) is 68.4 Å². The van der Waals surface area contributed by atoms with Crippen molar-refractivity contribution in [3.8, 4) is 0 Å². The highest BCUT2D eigenvalue weighted by Crippen LogP contribution is 2.28. The predicted molar refractivity (Wildman–Crippen MR) is 134 cm³/mol. The topological polar surface area (TPSA) is 102 Å². The minimum absolute atomic E-state index is 0.121. The van der Waals surface area contributed by atoms with Gasteiger partial charge in [0.2, 0.25) is 0 Å². The zero-order valence-electron chi connectivity index (χ0n) is 21.2. The fourth-order valence-electron chi connectivity index (χ4n) is 3.71. The van der Waals surface area contributed by atoms with Crippen molar-refractivity contribution in [2.75, 3.05) is 0 Å².